The molecule has 1 aliphatic rings. The van der Waals surface area contributed by atoms with Gasteiger partial charge in [0, 0.05) is 12.0 Å². The average Bonchev–Trinajstić information content (AvgIpc) is 2.63. The molecule has 0 heterocycles. The van der Waals surface area contributed by atoms with Gasteiger partial charge in [-0.2, -0.15) is 0 Å². The van der Waals surface area contributed by atoms with Gasteiger partial charge in [-0.15, -0.1) is 0 Å². The van der Waals surface area contributed by atoms with Crippen molar-refractivity contribution in [3.63, 3.8) is 0 Å². The fourth-order valence-electron chi connectivity index (χ4n) is 2.16. The van der Waals surface area contributed by atoms with Crippen molar-refractivity contribution in [1.29, 1.82) is 0 Å². The number of benzene rings is 1. The third-order valence-corrected chi connectivity index (χ3v) is 3.02. The van der Waals surface area contributed by atoms with E-state index >= 15 is 0 Å². The fraction of sp³-hybridized carbons (Fsp3) is 0.417. The Bertz CT molecular complexity index is 440. The van der Waals surface area contributed by atoms with Crippen LogP contribution in [0.1, 0.15) is 30.4 Å². The highest BCUT2D eigenvalue weighted by atomic mass is 16.5. The molecule has 1 aliphatic carbocycles. The molecular weight excluding hydrogens is 206 g/mol. The van der Waals surface area contributed by atoms with E-state index in [0.29, 0.717) is 23.1 Å². The van der Waals surface area contributed by atoms with Gasteiger partial charge in [-0.25, -0.2) is 0 Å². The number of oxime groups is 1. The van der Waals surface area contributed by atoms with E-state index in [0.717, 1.165) is 17.5 Å². The van der Waals surface area contributed by atoms with Crippen LogP contribution in [0.5, 0.6) is 11.5 Å². The summed E-state index contributed by atoms with van der Waals surface area (Å²) >= 11 is 0. The van der Waals surface area contributed by atoms with Gasteiger partial charge in [-0.1, -0.05) is 12.1 Å². The van der Waals surface area contributed by atoms with Gasteiger partial charge in [0.25, 0.3) is 0 Å². The van der Waals surface area contributed by atoms with E-state index in [1.807, 2.05) is 12.1 Å². The summed E-state index contributed by atoms with van der Waals surface area (Å²) in [5.74, 6) is 1.73. The molecule has 0 aromatic heterocycles. The zero-order valence-corrected chi connectivity index (χ0v) is 9.65. The molecule has 0 fully saturated rings. The molecule has 0 saturated heterocycles. The number of rotatable bonds is 2. The van der Waals surface area contributed by atoms with Gasteiger partial charge >= 0.3 is 0 Å². The fourth-order valence-corrected chi connectivity index (χ4v) is 2.16. The minimum Gasteiger partial charge on any atom is -0.493 e. The smallest absolute Gasteiger partial charge is 0.161 e. The Labute approximate surface area is 94.5 Å². The highest BCUT2D eigenvalue weighted by Gasteiger charge is 2.27. The van der Waals surface area contributed by atoms with Crippen molar-refractivity contribution in [2.45, 2.75) is 19.3 Å². The van der Waals surface area contributed by atoms with Crippen LogP contribution in [-0.4, -0.2) is 25.1 Å². The standard InChI is InChI=1S/C12H15NO3/c1-7-4-10(13-14)9-6-12(16-3)11(15-2)5-8(7)9/h5-7,14H,4H2,1-3H3. The van der Waals surface area contributed by atoms with E-state index in [2.05, 4.69) is 12.1 Å². The van der Waals surface area contributed by atoms with E-state index in [-0.39, 0.29) is 0 Å². The first kappa shape index (κ1) is 10.8. The van der Waals surface area contributed by atoms with Crippen LogP contribution in [0, 0.1) is 0 Å². The summed E-state index contributed by atoms with van der Waals surface area (Å²) in [5, 5.41) is 12.3. The monoisotopic (exact) mass is 221 g/mol. The van der Waals surface area contributed by atoms with Crippen LogP contribution in [0.3, 0.4) is 0 Å². The van der Waals surface area contributed by atoms with E-state index < -0.39 is 0 Å². The number of hydrogen-bond acceptors (Lipinski definition) is 4. The molecule has 0 radical (unpaired) electrons. The van der Waals surface area contributed by atoms with E-state index in [1.54, 1.807) is 14.2 Å². The van der Waals surface area contributed by atoms with Crippen LogP contribution in [0.2, 0.25) is 0 Å². The van der Waals surface area contributed by atoms with E-state index in [1.165, 1.54) is 0 Å². The van der Waals surface area contributed by atoms with Gasteiger partial charge in [0.05, 0.1) is 19.9 Å². The van der Waals surface area contributed by atoms with Crippen LogP contribution in [0.15, 0.2) is 17.3 Å². The van der Waals surface area contributed by atoms with Crippen LogP contribution >= 0.6 is 0 Å². The summed E-state index contributed by atoms with van der Waals surface area (Å²) in [6.07, 6.45) is 0.752. The molecule has 4 heteroatoms. The van der Waals surface area contributed by atoms with Crippen molar-refractivity contribution in [3.8, 4) is 11.5 Å². The maximum atomic E-state index is 8.94. The van der Waals surface area contributed by atoms with Gasteiger partial charge < -0.3 is 14.7 Å². The van der Waals surface area contributed by atoms with Gasteiger partial charge in [0.15, 0.2) is 11.5 Å². The second kappa shape index (κ2) is 4.04. The Morgan fingerprint density at radius 1 is 1.25 bits per heavy atom. The Morgan fingerprint density at radius 2 is 1.88 bits per heavy atom. The largest absolute Gasteiger partial charge is 0.493 e. The number of nitrogens with zero attached hydrogens (tertiary/aromatic N) is 1. The first-order valence-corrected chi connectivity index (χ1v) is 5.18. The quantitative estimate of drug-likeness (QED) is 0.616. The molecule has 16 heavy (non-hydrogen) atoms. The zero-order chi connectivity index (χ0) is 11.7. The van der Waals surface area contributed by atoms with Gasteiger partial charge in [-0.05, 0) is 23.6 Å². The molecule has 1 unspecified atom stereocenters. The van der Waals surface area contributed by atoms with Crippen molar-refractivity contribution in [3.05, 3.63) is 23.3 Å². The molecule has 0 saturated carbocycles. The molecule has 86 valence electrons. The third kappa shape index (κ3) is 1.50. The number of fused-ring (bicyclic) bond motifs is 1. The SMILES string of the molecule is COc1cc2c(cc1OC)C(C)CC2=NO. The number of hydrogen-bond donors (Lipinski definition) is 1. The van der Waals surface area contributed by atoms with E-state index in [4.69, 9.17) is 14.7 Å². The van der Waals surface area contributed by atoms with Crippen LogP contribution in [0.4, 0.5) is 0 Å². The minimum absolute atomic E-state index is 0.348. The Kier molecular flexibility index (Phi) is 2.73. The summed E-state index contributed by atoms with van der Waals surface area (Å²) in [6, 6.07) is 3.82. The summed E-state index contributed by atoms with van der Waals surface area (Å²) < 4.78 is 10.5. The highest BCUT2D eigenvalue weighted by molar-refractivity contribution is 6.05. The molecule has 0 amide bonds. The summed E-state index contributed by atoms with van der Waals surface area (Å²) in [4.78, 5) is 0. The first-order valence-electron chi connectivity index (χ1n) is 5.18. The Hall–Kier alpha value is -1.71. The molecule has 2 rings (SSSR count). The number of methoxy groups -OCH3 is 2. The zero-order valence-electron chi connectivity index (χ0n) is 9.65. The van der Waals surface area contributed by atoms with Gasteiger partial charge in [0.1, 0.15) is 0 Å². The molecule has 1 atom stereocenters. The maximum Gasteiger partial charge on any atom is 0.161 e. The number of ether oxygens (including phenoxy) is 2. The molecule has 1 aromatic rings. The molecule has 1 N–H and O–H groups in total. The third-order valence-electron chi connectivity index (χ3n) is 3.02. The summed E-state index contributed by atoms with van der Waals surface area (Å²) in [6.45, 7) is 2.10. The van der Waals surface area contributed by atoms with Crippen molar-refractivity contribution in [1.82, 2.24) is 0 Å². The lowest BCUT2D eigenvalue weighted by Crippen LogP contribution is -1.97. The normalized spacial score (nSPS) is 20.9. The average molecular weight is 221 g/mol. The topological polar surface area (TPSA) is 51.0 Å². The molecule has 0 aliphatic heterocycles. The van der Waals surface area contributed by atoms with Crippen molar-refractivity contribution < 1.29 is 14.7 Å². The van der Waals surface area contributed by atoms with Gasteiger partial charge in [-0.3, -0.25) is 0 Å². The van der Waals surface area contributed by atoms with Crippen molar-refractivity contribution in [2.75, 3.05) is 14.2 Å². The molecule has 1 aromatic carbocycles. The molecular formula is C12H15NO3. The Balaban J connectivity index is 2.59. The second-order valence-corrected chi connectivity index (χ2v) is 3.95. The van der Waals surface area contributed by atoms with Crippen LogP contribution < -0.4 is 9.47 Å². The summed E-state index contributed by atoms with van der Waals surface area (Å²) in [5.41, 5.74) is 2.81. The van der Waals surface area contributed by atoms with Crippen molar-refractivity contribution in [2.24, 2.45) is 5.16 Å². The van der Waals surface area contributed by atoms with Crippen LogP contribution in [-0.2, 0) is 0 Å². The van der Waals surface area contributed by atoms with E-state index in [9.17, 15) is 0 Å². The van der Waals surface area contributed by atoms with Crippen LogP contribution in [0.25, 0.3) is 0 Å². The Morgan fingerprint density at radius 3 is 2.44 bits per heavy atom. The first-order chi connectivity index (χ1) is 7.71. The van der Waals surface area contributed by atoms with Crippen molar-refractivity contribution >= 4 is 5.71 Å². The molecule has 0 bridgehead atoms. The van der Waals surface area contributed by atoms with Gasteiger partial charge in [0.2, 0.25) is 0 Å². The lowest BCUT2D eigenvalue weighted by molar-refractivity contribution is 0.318. The maximum absolute atomic E-state index is 8.94. The summed E-state index contributed by atoms with van der Waals surface area (Å²) in [7, 11) is 3.21. The highest BCUT2D eigenvalue weighted by Crippen LogP contribution is 2.40. The molecule has 0 spiro atoms. The predicted octanol–water partition coefficient (Wildman–Crippen LogP) is 2.39. The predicted molar refractivity (Wildman–Crippen MR) is 60.9 cm³/mol. The molecule has 4 nitrogen and oxygen atoms in total. The second-order valence-electron chi connectivity index (χ2n) is 3.95. The minimum atomic E-state index is 0.348. The lowest BCUT2D eigenvalue weighted by atomic mass is 10.0. The lowest BCUT2D eigenvalue weighted by Gasteiger charge is -2.11.